The molecule has 3 aliphatic rings. The molecule has 5 amide bonds. The lowest BCUT2D eigenvalue weighted by molar-refractivity contribution is -0.140. The quantitative estimate of drug-likeness (QED) is 0.221. The molecule has 3 aromatic rings. The summed E-state index contributed by atoms with van der Waals surface area (Å²) in [6, 6.07) is 17.8. The topological polar surface area (TPSA) is 193 Å². The molecule has 0 spiro atoms. The molecule has 16 heteroatoms. The second-order valence-electron chi connectivity index (χ2n) is 13.6. The minimum absolute atomic E-state index is 0.0815. The summed E-state index contributed by atoms with van der Waals surface area (Å²) in [6.07, 6.45) is 3.14. The fourth-order valence-corrected chi connectivity index (χ4v) is 6.64. The number of carboxylic acids is 1. The third-order valence-electron chi connectivity index (χ3n) is 9.89. The van der Waals surface area contributed by atoms with E-state index in [1.807, 2.05) is 30.3 Å². The molecule has 286 valence electrons. The monoisotopic (exact) mass is 743 g/mol. The molecule has 2 aliphatic heterocycles. The van der Waals surface area contributed by atoms with Crippen LogP contribution in [0.4, 0.5) is 4.79 Å². The van der Waals surface area contributed by atoms with E-state index in [1.165, 1.54) is 25.4 Å². The molecule has 2 aromatic carbocycles. The zero-order valence-corrected chi connectivity index (χ0v) is 29.9. The van der Waals surface area contributed by atoms with Crippen LogP contribution < -0.4 is 15.4 Å². The van der Waals surface area contributed by atoms with Gasteiger partial charge >= 0.3 is 12.1 Å². The molecule has 2 saturated heterocycles. The van der Waals surface area contributed by atoms with Gasteiger partial charge in [-0.05, 0) is 56.2 Å². The molecule has 0 radical (unpaired) electrons. The van der Waals surface area contributed by atoms with Crippen molar-refractivity contribution >= 4 is 35.7 Å². The minimum atomic E-state index is -1.20. The number of likely N-dealkylation sites (tertiary alicyclic amines) is 1. The summed E-state index contributed by atoms with van der Waals surface area (Å²) in [7, 11) is 0. The first-order chi connectivity index (χ1) is 26.2. The average Bonchev–Trinajstić information content (AvgIpc) is 3.85. The zero-order chi connectivity index (χ0) is 38.0. The predicted molar refractivity (Wildman–Crippen MR) is 192 cm³/mol. The SMILES string of the molecule is O=C(O)CCC(NC(=O)c1cc(OCC(=O)N2CCCC2C(=O)NC2CCC2)n(-c2ccccc2)n1)C(=O)N1CCN(C(=O)OCc2ccccc2)CC1. The molecule has 1 saturated carbocycles. The number of ether oxygens (including phenoxy) is 2. The van der Waals surface area contributed by atoms with Gasteiger partial charge in [-0.25, -0.2) is 9.48 Å². The molecule has 3 fully saturated rings. The Bertz CT molecular complexity index is 1810. The van der Waals surface area contributed by atoms with Crippen molar-refractivity contribution in [3.63, 3.8) is 0 Å². The first-order valence-electron chi connectivity index (χ1n) is 18.3. The molecular weight excluding hydrogens is 698 g/mol. The molecule has 16 nitrogen and oxygen atoms in total. The number of hydrogen-bond donors (Lipinski definition) is 3. The number of nitrogens with zero attached hydrogens (tertiary/aromatic N) is 5. The van der Waals surface area contributed by atoms with Crippen molar-refractivity contribution in [2.75, 3.05) is 39.3 Å². The second kappa shape index (κ2) is 17.7. The van der Waals surface area contributed by atoms with Crippen molar-refractivity contribution in [2.45, 2.75) is 69.7 Å². The third kappa shape index (κ3) is 9.53. The van der Waals surface area contributed by atoms with E-state index >= 15 is 0 Å². The fourth-order valence-electron chi connectivity index (χ4n) is 6.64. The van der Waals surface area contributed by atoms with E-state index in [1.54, 1.807) is 30.3 Å². The smallest absolute Gasteiger partial charge is 0.410 e. The number of nitrogens with one attached hydrogen (secondary N) is 2. The first-order valence-corrected chi connectivity index (χ1v) is 18.3. The van der Waals surface area contributed by atoms with Gasteiger partial charge in [-0.2, -0.15) is 5.10 Å². The van der Waals surface area contributed by atoms with Crippen LogP contribution in [0.2, 0.25) is 0 Å². The highest BCUT2D eigenvalue weighted by atomic mass is 16.6. The van der Waals surface area contributed by atoms with Crippen LogP contribution in [0.5, 0.6) is 5.88 Å². The molecule has 1 aliphatic carbocycles. The van der Waals surface area contributed by atoms with Gasteiger partial charge in [0.25, 0.3) is 11.8 Å². The molecule has 6 rings (SSSR count). The highest BCUT2D eigenvalue weighted by molar-refractivity contribution is 5.96. The van der Waals surface area contributed by atoms with Gasteiger partial charge in [-0.1, -0.05) is 48.5 Å². The molecule has 54 heavy (non-hydrogen) atoms. The first kappa shape index (κ1) is 37.8. The summed E-state index contributed by atoms with van der Waals surface area (Å²) in [5, 5.41) is 19.5. The number of piperazine rings is 1. The van der Waals surface area contributed by atoms with Crippen LogP contribution in [0.25, 0.3) is 5.69 Å². The summed E-state index contributed by atoms with van der Waals surface area (Å²) in [5.74, 6) is -2.83. The van der Waals surface area contributed by atoms with Gasteiger partial charge in [0.1, 0.15) is 18.7 Å². The second-order valence-corrected chi connectivity index (χ2v) is 13.6. The minimum Gasteiger partial charge on any atom is -0.481 e. The maximum atomic E-state index is 13.7. The number of hydrogen-bond acceptors (Lipinski definition) is 9. The zero-order valence-electron chi connectivity index (χ0n) is 29.9. The van der Waals surface area contributed by atoms with E-state index in [0.29, 0.717) is 25.1 Å². The fraction of sp³-hybridized carbons (Fsp3) is 0.447. The van der Waals surface area contributed by atoms with Crippen LogP contribution >= 0.6 is 0 Å². The maximum absolute atomic E-state index is 13.7. The van der Waals surface area contributed by atoms with Crippen LogP contribution in [0.15, 0.2) is 66.7 Å². The normalized spacial score (nSPS) is 17.6. The van der Waals surface area contributed by atoms with E-state index < -0.39 is 42.6 Å². The summed E-state index contributed by atoms with van der Waals surface area (Å²) in [6.45, 7) is 0.852. The Hall–Kier alpha value is -5.93. The van der Waals surface area contributed by atoms with E-state index in [9.17, 15) is 33.9 Å². The van der Waals surface area contributed by atoms with Crippen LogP contribution in [0.3, 0.4) is 0 Å². The predicted octanol–water partition coefficient (Wildman–Crippen LogP) is 2.36. The van der Waals surface area contributed by atoms with Gasteiger partial charge in [0.05, 0.1) is 5.69 Å². The van der Waals surface area contributed by atoms with E-state index in [2.05, 4.69) is 15.7 Å². The number of carboxylic acid groups (broad SMARTS) is 1. The number of aliphatic carboxylic acids is 1. The molecule has 1 aromatic heterocycles. The van der Waals surface area contributed by atoms with Crippen molar-refractivity contribution in [2.24, 2.45) is 0 Å². The van der Waals surface area contributed by atoms with Crippen LogP contribution in [0, 0.1) is 0 Å². The number of amides is 5. The Labute approximate surface area is 312 Å². The Morgan fingerprint density at radius 3 is 2.20 bits per heavy atom. The number of carbonyl (C=O) groups excluding carboxylic acids is 5. The molecule has 2 atom stereocenters. The number of aromatic nitrogens is 2. The highest BCUT2D eigenvalue weighted by Gasteiger charge is 2.36. The van der Waals surface area contributed by atoms with Crippen LogP contribution in [0.1, 0.15) is 61.0 Å². The standard InChI is InChI=1S/C38H45N7O9/c46-32(44-18-8-15-31(44)36(50)39-27-11-7-12-27)25-53-33-23-30(41-45(33)28-13-5-2-6-14-28)35(49)40-29(16-17-34(47)48)37(51)42-19-21-43(22-20-42)38(52)54-24-26-9-3-1-4-10-26/h1-6,9-10,13-14,23,27,29,31H,7-8,11-12,15-22,24-25H2,(H,39,50)(H,40,49)(H,47,48). The number of carbonyl (C=O) groups is 6. The van der Waals surface area contributed by atoms with Crippen molar-refractivity contribution in [3.05, 3.63) is 78.0 Å². The lowest BCUT2D eigenvalue weighted by atomic mass is 9.93. The Kier molecular flexibility index (Phi) is 12.4. The summed E-state index contributed by atoms with van der Waals surface area (Å²) < 4.78 is 12.7. The molecular formula is C38H45N7O9. The average molecular weight is 744 g/mol. The Morgan fingerprint density at radius 1 is 0.852 bits per heavy atom. The van der Waals surface area contributed by atoms with Crippen LogP contribution in [-0.2, 0) is 30.5 Å². The van der Waals surface area contributed by atoms with Gasteiger partial charge in [0.2, 0.25) is 17.7 Å². The lowest BCUT2D eigenvalue weighted by Crippen LogP contribution is -2.56. The van der Waals surface area contributed by atoms with E-state index in [0.717, 1.165) is 24.8 Å². The van der Waals surface area contributed by atoms with Gasteiger partial charge in [0, 0.05) is 51.3 Å². The molecule has 3 N–H and O–H groups in total. The van der Waals surface area contributed by atoms with Gasteiger partial charge in [0.15, 0.2) is 12.3 Å². The number of para-hydroxylation sites is 1. The lowest BCUT2D eigenvalue weighted by Gasteiger charge is -2.36. The number of rotatable bonds is 14. The molecule has 2 unspecified atom stereocenters. The van der Waals surface area contributed by atoms with Crippen molar-refractivity contribution in [3.8, 4) is 11.6 Å². The van der Waals surface area contributed by atoms with Crippen LogP contribution in [-0.4, -0.2) is 123 Å². The largest absolute Gasteiger partial charge is 0.481 e. The van der Waals surface area contributed by atoms with Crippen molar-refractivity contribution in [1.29, 1.82) is 0 Å². The van der Waals surface area contributed by atoms with E-state index in [4.69, 9.17) is 9.47 Å². The Morgan fingerprint density at radius 2 is 1.54 bits per heavy atom. The van der Waals surface area contributed by atoms with Gasteiger partial charge in [-0.15, -0.1) is 0 Å². The van der Waals surface area contributed by atoms with E-state index in [-0.39, 0.29) is 75.1 Å². The third-order valence-corrected chi connectivity index (χ3v) is 9.89. The summed E-state index contributed by atoms with van der Waals surface area (Å²) in [4.78, 5) is 82.2. The molecule has 3 heterocycles. The van der Waals surface area contributed by atoms with Gasteiger partial charge in [-0.3, -0.25) is 24.0 Å². The summed E-state index contributed by atoms with van der Waals surface area (Å²) in [5.41, 5.74) is 1.26. The highest BCUT2D eigenvalue weighted by Crippen LogP contribution is 2.24. The van der Waals surface area contributed by atoms with Crippen molar-refractivity contribution < 1.29 is 43.3 Å². The Balaban J connectivity index is 1.09. The van der Waals surface area contributed by atoms with Crippen molar-refractivity contribution in [1.82, 2.24) is 35.1 Å². The number of benzene rings is 2. The van der Waals surface area contributed by atoms with Gasteiger partial charge < -0.3 is 39.9 Å². The maximum Gasteiger partial charge on any atom is 0.410 e. The molecule has 0 bridgehead atoms. The summed E-state index contributed by atoms with van der Waals surface area (Å²) >= 11 is 0.